The molecule has 1 aromatic heterocycles. The Bertz CT molecular complexity index is 1900. The fraction of sp³-hybridized carbons (Fsp3) is 0.294. The second-order valence-electron chi connectivity index (χ2n) is 11.4. The molecule has 0 radical (unpaired) electrons. The van der Waals surface area contributed by atoms with Crippen molar-refractivity contribution in [1.82, 2.24) is 4.57 Å². The lowest BCUT2D eigenvalue weighted by molar-refractivity contribution is -0.137. The van der Waals surface area contributed by atoms with E-state index in [1.807, 2.05) is 57.2 Å². The first-order valence-electron chi connectivity index (χ1n) is 15.1. The van der Waals surface area contributed by atoms with E-state index in [-0.39, 0.29) is 12.2 Å². The van der Waals surface area contributed by atoms with Crippen LogP contribution >= 0.6 is 23.1 Å². The number of aryl methyl sites for hydroxylation is 1. The maximum Gasteiger partial charge on any atom is 0.416 e. The average molecular weight is 681 g/mol. The van der Waals surface area contributed by atoms with Crippen molar-refractivity contribution < 1.29 is 27.6 Å². The topological polar surface area (TPSA) is 91.7 Å². The van der Waals surface area contributed by atoms with Crippen molar-refractivity contribution in [3.05, 3.63) is 104 Å². The van der Waals surface area contributed by atoms with E-state index < -0.39 is 51.4 Å². The minimum atomic E-state index is -4.67. The maximum atomic E-state index is 14.1. The number of carbonyl (C=O) groups excluding carboxylic acids is 3. The van der Waals surface area contributed by atoms with Crippen molar-refractivity contribution in [1.29, 1.82) is 0 Å². The van der Waals surface area contributed by atoms with E-state index >= 15 is 0 Å². The van der Waals surface area contributed by atoms with Crippen molar-refractivity contribution in [3.63, 3.8) is 0 Å². The third-order valence-electron chi connectivity index (χ3n) is 8.50. The summed E-state index contributed by atoms with van der Waals surface area (Å²) in [5, 5.41) is 2.15. The number of anilines is 3. The molecular weight excluding hydrogens is 650 g/mol. The fourth-order valence-corrected chi connectivity index (χ4v) is 8.93. The molecule has 6 rings (SSSR count). The Labute approximate surface area is 277 Å². The van der Waals surface area contributed by atoms with Crippen LogP contribution in [0.5, 0.6) is 0 Å². The van der Waals surface area contributed by atoms with Gasteiger partial charge in [-0.3, -0.25) is 23.7 Å². The van der Waals surface area contributed by atoms with Gasteiger partial charge in [0.15, 0.2) is 0 Å². The molecule has 3 heterocycles. The molecule has 0 bridgehead atoms. The molecule has 3 atom stereocenters. The van der Waals surface area contributed by atoms with E-state index in [9.17, 15) is 32.3 Å². The number of hydrogen-bond acceptors (Lipinski definition) is 7. The maximum absolute atomic E-state index is 14.1. The molecule has 3 unspecified atom stereocenters. The minimum absolute atomic E-state index is 0.168. The summed E-state index contributed by atoms with van der Waals surface area (Å²) in [6.07, 6.45) is -4.67. The standard InChI is InChI=1S/C34H31F3N4O4S2/c1-4-39(5-2)23-15-11-20(12-16-23)26-27-28(31(44)41(30(27)43)24-8-6-7-21(17-24)34(35,36)37)46-32-29(26)47-33(45)40(32)18-25(42)38-22-13-9-19(3)10-14-22/h6-17,26-28H,4-5,18H2,1-3H3,(H,38,42). The predicted octanol–water partition coefficient (Wildman–Crippen LogP) is 6.52. The van der Waals surface area contributed by atoms with Gasteiger partial charge in [-0.1, -0.05) is 59.0 Å². The Morgan fingerprint density at radius 3 is 2.26 bits per heavy atom. The molecule has 0 spiro atoms. The highest BCUT2D eigenvalue weighted by Crippen LogP contribution is 2.54. The molecule has 2 aliphatic heterocycles. The zero-order valence-electron chi connectivity index (χ0n) is 25.7. The van der Waals surface area contributed by atoms with Crippen molar-refractivity contribution in [2.75, 3.05) is 28.2 Å². The number of halogens is 3. The first kappa shape index (κ1) is 32.6. The summed E-state index contributed by atoms with van der Waals surface area (Å²) in [7, 11) is 0. The zero-order valence-corrected chi connectivity index (χ0v) is 27.3. The summed E-state index contributed by atoms with van der Waals surface area (Å²) >= 11 is 1.92. The highest BCUT2D eigenvalue weighted by atomic mass is 32.2. The number of nitrogens with zero attached hydrogens (tertiary/aromatic N) is 3. The van der Waals surface area contributed by atoms with Gasteiger partial charge in [-0.25, -0.2) is 4.90 Å². The third-order valence-corrected chi connectivity index (χ3v) is 11.1. The van der Waals surface area contributed by atoms with Crippen LogP contribution in [0.2, 0.25) is 0 Å². The van der Waals surface area contributed by atoms with Crippen molar-refractivity contribution >= 4 is 57.9 Å². The number of amides is 3. The zero-order chi connectivity index (χ0) is 33.6. The Balaban J connectivity index is 1.41. The summed E-state index contributed by atoms with van der Waals surface area (Å²) in [6.45, 7) is 7.22. The Hall–Kier alpha value is -4.36. The minimum Gasteiger partial charge on any atom is -0.372 e. The van der Waals surface area contributed by atoms with Crippen LogP contribution in [0, 0.1) is 12.8 Å². The summed E-state index contributed by atoms with van der Waals surface area (Å²) < 4.78 is 42.1. The normalized spacial score (nSPS) is 19.0. The number of imide groups is 1. The number of benzene rings is 3. The Kier molecular flexibility index (Phi) is 8.79. The average Bonchev–Trinajstić information content (AvgIpc) is 3.49. The van der Waals surface area contributed by atoms with Gasteiger partial charge in [0.1, 0.15) is 11.8 Å². The van der Waals surface area contributed by atoms with Crippen LogP contribution in [-0.4, -0.2) is 40.6 Å². The van der Waals surface area contributed by atoms with E-state index in [0.29, 0.717) is 21.2 Å². The predicted molar refractivity (Wildman–Crippen MR) is 177 cm³/mol. The van der Waals surface area contributed by atoms with Crippen molar-refractivity contribution in [2.45, 2.75) is 49.7 Å². The SMILES string of the molecule is CCN(CC)c1ccc(C2c3sc(=O)n(CC(=O)Nc4ccc(C)cc4)c3SC3C(=O)N(c4cccc(C(F)(F)F)c4)C(=O)C32)cc1. The number of carbonyl (C=O) groups is 3. The molecule has 3 amide bonds. The van der Waals surface area contributed by atoms with Gasteiger partial charge in [0.05, 0.1) is 22.2 Å². The van der Waals surface area contributed by atoms with E-state index in [1.54, 1.807) is 12.1 Å². The number of thioether (sulfide) groups is 1. The second kappa shape index (κ2) is 12.7. The lowest BCUT2D eigenvalue weighted by Gasteiger charge is -2.31. The molecule has 0 saturated carbocycles. The molecule has 4 aromatic rings. The van der Waals surface area contributed by atoms with Crippen molar-refractivity contribution in [3.8, 4) is 0 Å². The second-order valence-corrected chi connectivity index (χ2v) is 13.5. The van der Waals surface area contributed by atoms with Gasteiger partial charge in [0, 0.05) is 35.3 Å². The van der Waals surface area contributed by atoms with Crippen LogP contribution in [0.1, 0.15) is 41.3 Å². The highest BCUT2D eigenvalue weighted by Gasteiger charge is 2.57. The molecular formula is C34H31F3N4O4S2. The van der Waals surface area contributed by atoms with Crippen LogP contribution in [0.15, 0.2) is 82.6 Å². The smallest absolute Gasteiger partial charge is 0.372 e. The molecule has 1 N–H and O–H groups in total. The van der Waals surface area contributed by atoms with Gasteiger partial charge in [0.25, 0.3) is 0 Å². The molecule has 3 aromatic carbocycles. The van der Waals surface area contributed by atoms with Crippen LogP contribution in [0.25, 0.3) is 0 Å². The number of fused-ring (bicyclic) bond motifs is 2. The van der Waals surface area contributed by atoms with Gasteiger partial charge in [-0.2, -0.15) is 13.2 Å². The van der Waals surface area contributed by atoms with E-state index in [1.165, 1.54) is 16.7 Å². The molecule has 2 aliphatic rings. The van der Waals surface area contributed by atoms with Crippen LogP contribution in [0.3, 0.4) is 0 Å². The summed E-state index contributed by atoms with van der Waals surface area (Å²) in [5.41, 5.74) is 2.07. The van der Waals surface area contributed by atoms with E-state index in [4.69, 9.17) is 0 Å². The molecule has 244 valence electrons. The summed E-state index contributed by atoms with van der Waals surface area (Å²) in [6, 6.07) is 18.9. The first-order chi connectivity index (χ1) is 22.4. The van der Waals surface area contributed by atoms with E-state index in [2.05, 4.69) is 10.2 Å². The Morgan fingerprint density at radius 2 is 1.62 bits per heavy atom. The summed E-state index contributed by atoms with van der Waals surface area (Å²) in [4.78, 5) is 57.7. The van der Waals surface area contributed by atoms with Crippen LogP contribution < -0.4 is 20.0 Å². The molecule has 8 nitrogen and oxygen atoms in total. The number of rotatable bonds is 8. The molecule has 47 heavy (non-hydrogen) atoms. The van der Waals surface area contributed by atoms with Crippen molar-refractivity contribution in [2.24, 2.45) is 5.92 Å². The fourth-order valence-electron chi connectivity index (χ4n) is 6.15. The van der Waals surface area contributed by atoms with E-state index in [0.717, 1.165) is 64.5 Å². The lowest BCUT2D eigenvalue weighted by atomic mass is 9.83. The molecule has 1 fully saturated rings. The van der Waals surface area contributed by atoms with Gasteiger partial charge < -0.3 is 10.2 Å². The largest absolute Gasteiger partial charge is 0.416 e. The molecule has 0 aliphatic carbocycles. The highest BCUT2D eigenvalue weighted by molar-refractivity contribution is 8.00. The number of nitrogens with one attached hydrogen (secondary N) is 1. The number of hydrogen-bond donors (Lipinski definition) is 1. The van der Waals surface area contributed by atoms with Gasteiger partial charge in [-0.15, -0.1) is 0 Å². The lowest BCUT2D eigenvalue weighted by Crippen LogP contribution is -2.33. The number of alkyl halides is 3. The van der Waals surface area contributed by atoms with Gasteiger partial charge >= 0.3 is 11.0 Å². The monoisotopic (exact) mass is 680 g/mol. The summed E-state index contributed by atoms with van der Waals surface area (Å²) in [5.74, 6) is -3.48. The molecule has 13 heteroatoms. The van der Waals surface area contributed by atoms with Gasteiger partial charge in [0.2, 0.25) is 17.7 Å². The molecule has 1 saturated heterocycles. The quantitative estimate of drug-likeness (QED) is 0.213. The van der Waals surface area contributed by atoms with Crippen LogP contribution in [-0.2, 0) is 27.1 Å². The van der Waals surface area contributed by atoms with Crippen LogP contribution in [0.4, 0.5) is 30.2 Å². The van der Waals surface area contributed by atoms with Gasteiger partial charge in [-0.05, 0) is 68.8 Å². The number of aromatic nitrogens is 1. The third kappa shape index (κ3) is 6.09. The first-order valence-corrected chi connectivity index (χ1v) is 16.8. The Morgan fingerprint density at radius 1 is 0.936 bits per heavy atom. The number of thiazole rings is 1.